The number of rotatable bonds is 4. The topological polar surface area (TPSA) is 72.4 Å². The van der Waals surface area contributed by atoms with E-state index in [1.54, 1.807) is 0 Å². The summed E-state index contributed by atoms with van der Waals surface area (Å²) >= 11 is -2.02. The van der Waals surface area contributed by atoms with Crippen LogP contribution < -0.4 is 39.4 Å². The molecule has 1 aromatic rings. The summed E-state index contributed by atoms with van der Waals surface area (Å²) in [6.07, 6.45) is 1.88. The average Bonchev–Trinajstić information content (AvgIpc) is 3.03. The van der Waals surface area contributed by atoms with E-state index in [-0.39, 0.29) is 59.4 Å². The second-order valence-electron chi connectivity index (χ2n) is 8.43. The molecule has 0 spiro atoms. The first-order valence-electron chi connectivity index (χ1n) is 9.72. The van der Waals surface area contributed by atoms with Gasteiger partial charge in [-0.15, -0.1) is 0 Å². The third kappa shape index (κ3) is 3.41. The van der Waals surface area contributed by atoms with Crippen LogP contribution in [0.5, 0.6) is 0 Å². The van der Waals surface area contributed by atoms with Crippen LogP contribution in [-0.2, 0) is 23.4 Å². The molecule has 2 unspecified atom stereocenters. The number of hydrogen-bond acceptors (Lipinski definition) is 6. The van der Waals surface area contributed by atoms with Gasteiger partial charge in [-0.05, 0) is 43.9 Å². The number of piperidine rings is 1. The molecule has 5 atom stereocenters. The molecule has 2 saturated heterocycles. The van der Waals surface area contributed by atoms with Crippen molar-refractivity contribution in [1.82, 2.24) is 9.97 Å². The number of hydrogen-bond donors (Lipinski definition) is 0. The van der Waals surface area contributed by atoms with E-state index in [2.05, 4.69) is 16.8 Å². The molecule has 148 valence electrons. The summed E-state index contributed by atoms with van der Waals surface area (Å²) in [5.41, 5.74) is 0.499. The van der Waals surface area contributed by atoms with Crippen LogP contribution in [0.15, 0.2) is 0 Å². The molecule has 5 rings (SSSR count). The van der Waals surface area contributed by atoms with E-state index in [0.29, 0.717) is 55.1 Å². The normalized spacial score (nSPS) is 33.4. The number of aromatic nitrogens is 2. The second-order valence-corrected chi connectivity index (χ2v) is 9.37. The first kappa shape index (κ1) is 20.9. The van der Waals surface area contributed by atoms with Crippen molar-refractivity contribution in [2.24, 2.45) is 17.8 Å². The second kappa shape index (κ2) is 7.41. The van der Waals surface area contributed by atoms with Crippen LogP contribution in [0.3, 0.4) is 0 Å². The fraction of sp³-hybridized carbons (Fsp3) is 0.778. The smallest absolute Gasteiger partial charge is 0.772 e. The Morgan fingerprint density at radius 2 is 2.00 bits per heavy atom. The van der Waals surface area contributed by atoms with Crippen LogP contribution in [0.4, 0.5) is 20.5 Å². The van der Waals surface area contributed by atoms with Crippen molar-refractivity contribution in [3.8, 4) is 0 Å². The van der Waals surface area contributed by atoms with Gasteiger partial charge < -0.3 is 14.4 Å². The fourth-order valence-corrected chi connectivity index (χ4v) is 5.84. The zero-order valence-corrected chi connectivity index (χ0v) is 19.1. The largest absolute Gasteiger partial charge is 1.00 e. The monoisotopic (exact) mass is 420 g/mol. The van der Waals surface area contributed by atoms with Crippen LogP contribution in [-0.4, -0.2) is 50.2 Å². The molecule has 2 aliphatic carbocycles. The van der Waals surface area contributed by atoms with Gasteiger partial charge in [-0.1, -0.05) is 11.1 Å². The van der Waals surface area contributed by atoms with E-state index in [0.717, 1.165) is 13.0 Å². The van der Waals surface area contributed by atoms with Gasteiger partial charge in [-0.2, -0.15) is 13.8 Å². The molecule has 3 heterocycles. The Hall–Kier alpha value is -0.350. The maximum absolute atomic E-state index is 14.6. The molecular formula is C18H23F2N4NaO2S. The first-order valence-corrected chi connectivity index (χ1v) is 11.0. The molecule has 6 nitrogen and oxygen atoms in total. The predicted octanol–water partition coefficient (Wildman–Crippen LogP) is -0.931. The van der Waals surface area contributed by atoms with E-state index >= 15 is 0 Å². The quantitative estimate of drug-likeness (QED) is 0.463. The number of nitrogens with zero attached hydrogens (tertiary/aromatic N) is 4. The third-order valence-electron chi connectivity index (χ3n) is 6.81. The SMILES string of the molecule is C[C@H]1CCN1c1nc(N2C[C@@H]3C(CS(=O)[O-])[C@@H]3C2)c2c(n1)C(F)(F)CCC2.[Na+]. The van der Waals surface area contributed by atoms with Gasteiger partial charge in [-0.3, -0.25) is 4.21 Å². The third-order valence-corrected chi connectivity index (χ3v) is 7.47. The molecule has 0 bridgehead atoms. The summed E-state index contributed by atoms with van der Waals surface area (Å²) in [7, 11) is 0. The summed E-state index contributed by atoms with van der Waals surface area (Å²) < 4.78 is 51.2. The predicted molar refractivity (Wildman–Crippen MR) is 96.8 cm³/mol. The zero-order valence-electron chi connectivity index (χ0n) is 16.2. The fourth-order valence-electron chi connectivity index (χ4n) is 5.03. The van der Waals surface area contributed by atoms with E-state index in [1.165, 1.54) is 0 Å². The van der Waals surface area contributed by atoms with E-state index < -0.39 is 17.0 Å². The Kier molecular flexibility index (Phi) is 5.53. The van der Waals surface area contributed by atoms with Gasteiger partial charge >= 0.3 is 29.6 Å². The molecule has 0 amide bonds. The van der Waals surface area contributed by atoms with E-state index in [4.69, 9.17) is 4.98 Å². The summed E-state index contributed by atoms with van der Waals surface area (Å²) in [6, 6.07) is 0.275. The molecule has 0 radical (unpaired) electrons. The molecule has 4 aliphatic rings. The Labute approximate surface area is 188 Å². The van der Waals surface area contributed by atoms with Gasteiger partial charge in [0.2, 0.25) is 5.95 Å². The molecular weight excluding hydrogens is 397 g/mol. The Morgan fingerprint density at radius 1 is 1.29 bits per heavy atom. The van der Waals surface area contributed by atoms with Crippen molar-refractivity contribution in [3.63, 3.8) is 0 Å². The molecule has 1 saturated carbocycles. The van der Waals surface area contributed by atoms with Crippen molar-refractivity contribution in [1.29, 1.82) is 0 Å². The van der Waals surface area contributed by atoms with E-state index in [9.17, 15) is 17.5 Å². The Morgan fingerprint density at radius 3 is 2.57 bits per heavy atom. The molecule has 3 fully saturated rings. The maximum atomic E-state index is 14.6. The van der Waals surface area contributed by atoms with Gasteiger partial charge in [-0.25, -0.2) is 4.98 Å². The minimum absolute atomic E-state index is 0. The summed E-state index contributed by atoms with van der Waals surface area (Å²) in [6.45, 7) is 4.27. The molecule has 2 aliphatic heterocycles. The van der Waals surface area contributed by atoms with Crippen molar-refractivity contribution in [2.75, 3.05) is 35.2 Å². The van der Waals surface area contributed by atoms with Crippen LogP contribution >= 0.6 is 0 Å². The minimum atomic E-state index is -2.90. The van der Waals surface area contributed by atoms with Gasteiger partial charge in [0.1, 0.15) is 11.5 Å². The first-order chi connectivity index (χ1) is 12.8. The molecule has 0 aromatic carbocycles. The Bertz CT molecular complexity index is 802. The molecule has 0 N–H and O–H groups in total. The van der Waals surface area contributed by atoms with Crippen molar-refractivity contribution in [3.05, 3.63) is 11.3 Å². The minimum Gasteiger partial charge on any atom is -0.772 e. The number of halogens is 2. The van der Waals surface area contributed by atoms with Gasteiger partial charge in [0.15, 0.2) is 0 Å². The summed E-state index contributed by atoms with van der Waals surface area (Å²) in [5, 5.41) is 0. The average molecular weight is 420 g/mol. The molecule has 10 heteroatoms. The van der Waals surface area contributed by atoms with Crippen molar-refractivity contribution in [2.45, 2.75) is 44.6 Å². The molecule has 1 aromatic heterocycles. The number of fused-ring (bicyclic) bond motifs is 2. The number of anilines is 2. The molecule has 28 heavy (non-hydrogen) atoms. The summed E-state index contributed by atoms with van der Waals surface area (Å²) in [5.74, 6) is -0.732. The van der Waals surface area contributed by atoms with Crippen molar-refractivity contribution < 1.29 is 47.1 Å². The van der Waals surface area contributed by atoms with Crippen LogP contribution in [0.2, 0.25) is 0 Å². The maximum Gasteiger partial charge on any atom is 1.00 e. The van der Waals surface area contributed by atoms with Crippen LogP contribution in [0, 0.1) is 17.8 Å². The standard InChI is InChI=1S/C18H24F2N4O2S.Na/c1-10-4-6-24(10)17-21-15-11(3-2-5-18(15,19)20)16(22-17)23-7-12-13(8-23)14(12)9-27(25)26;/h10,12-14H,2-9H2,1H3,(H,25,26);/q;+1/p-1/t10-,12-,13+,14?;/m0./s1. The Balaban J connectivity index is 0.00000192. The zero-order chi connectivity index (χ0) is 18.9. The number of alkyl halides is 2. The van der Waals surface area contributed by atoms with E-state index in [1.807, 2.05) is 4.90 Å². The van der Waals surface area contributed by atoms with Gasteiger partial charge in [0, 0.05) is 43.4 Å². The van der Waals surface area contributed by atoms with Crippen LogP contribution in [0.1, 0.15) is 37.4 Å². The van der Waals surface area contributed by atoms with Gasteiger partial charge in [0.05, 0.1) is 0 Å². The summed E-state index contributed by atoms with van der Waals surface area (Å²) in [4.78, 5) is 13.1. The van der Waals surface area contributed by atoms with Crippen LogP contribution in [0.25, 0.3) is 0 Å². The van der Waals surface area contributed by atoms with Crippen molar-refractivity contribution >= 4 is 22.8 Å². The van der Waals surface area contributed by atoms with Gasteiger partial charge in [0.25, 0.3) is 5.92 Å².